The molecule has 0 bridgehead atoms. The molecule has 1 aliphatic heterocycles. The maximum atomic E-state index is 14.6. The normalized spacial score (nSPS) is 21.6. The van der Waals surface area contributed by atoms with Crippen LogP contribution in [0.2, 0.25) is 0 Å². The van der Waals surface area contributed by atoms with Crippen molar-refractivity contribution in [1.29, 1.82) is 0 Å². The van der Waals surface area contributed by atoms with Crippen LogP contribution in [0, 0.1) is 18.7 Å². The fourth-order valence-corrected chi connectivity index (χ4v) is 5.48. The van der Waals surface area contributed by atoms with Crippen LogP contribution in [0.3, 0.4) is 0 Å². The Kier molecular flexibility index (Phi) is 5.10. The zero-order valence-electron chi connectivity index (χ0n) is 18.9. The number of anilines is 1. The molecule has 4 nitrogen and oxygen atoms in total. The highest BCUT2D eigenvalue weighted by atomic mass is 19.1. The number of ether oxygens (including phenoxy) is 1. The number of piperidine rings is 1. The van der Waals surface area contributed by atoms with Crippen LogP contribution in [0.4, 0.5) is 10.2 Å². The minimum Gasteiger partial charge on any atom is -0.489 e. The number of hydrogen-bond donors (Lipinski definition) is 1. The van der Waals surface area contributed by atoms with Crippen molar-refractivity contribution >= 4 is 5.82 Å². The first-order valence-electron chi connectivity index (χ1n) is 12.0. The lowest BCUT2D eigenvalue weighted by molar-refractivity contribution is 0.145. The second-order valence-corrected chi connectivity index (χ2v) is 9.78. The summed E-state index contributed by atoms with van der Waals surface area (Å²) < 4.78 is 20.6. The second-order valence-electron chi connectivity index (χ2n) is 9.78. The zero-order chi connectivity index (χ0) is 22.5. The van der Waals surface area contributed by atoms with Gasteiger partial charge in [-0.3, -0.25) is 0 Å². The Morgan fingerprint density at radius 2 is 1.94 bits per heavy atom. The van der Waals surface area contributed by atoms with Crippen LogP contribution >= 0.6 is 0 Å². The predicted octanol–water partition coefficient (Wildman–Crippen LogP) is 5.40. The van der Waals surface area contributed by atoms with Gasteiger partial charge in [-0.25, -0.2) is 9.37 Å². The van der Waals surface area contributed by atoms with Crippen LogP contribution < -0.4 is 9.64 Å². The lowest BCUT2D eigenvalue weighted by atomic mass is 10.0. The Hall–Kier alpha value is -2.92. The number of aryl methyl sites for hydroxylation is 1. The summed E-state index contributed by atoms with van der Waals surface area (Å²) >= 11 is 0. The molecular formula is C28H29FN2O2. The number of rotatable bonds is 5. The summed E-state index contributed by atoms with van der Waals surface area (Å²) in [7, 11) is 0. The molecule has 2 unspecified atom stereocenters. The van der Waals surface area contributed by atoms with Gasteiger partial charge in [0, 0.05) is 29.9 Å². The van der Waals surface area contributed by atoms with Gasteiger partial charge in [-0.2, -0.15) is 0 Å². The molecule has 3 aliphatic rings. The molecular weight excluding hydrogens is 415 g/mol. The molecule has 1 saturated carbocycles. The van der Waals surface area contributed by atoms with Crippen molar-refractivity contribution in [3.05, 3.63) is 76.7 Å². The number of halogens is 1. The smallest absolute Gasteiger partial charge is 0.129 e. The first kappa shape index (κ1) is 20.7. The van der Waals surface area contributed by atoms with E-state index in [0.29, 0.717) is 5.56 Å². The minimum absolute atomic E-state index is 0.200. The van der Waals surface area contributed by atoms with Crippen molar-refractivity contribution in [2.75, 3.05) is 18.0 Å². The molecule has 1 N–H and O–H groups in total. The third-order valence-corrected chi connectivity index (χ3v) is 7.53. The van der Waals surface area contributed by atoms with Gasteiger partial charge in [-0.15, -0.1) is 0 Å². The van der Waals surface area contributed by atoms with Crippen molar-refractivity contribution in [2.45, 2.75) is 51.2 Å². The van der Waals surface area contributed by atoms with Crippen molar-refractivity contribution in [2.24, 2.45) is 5.92 Å². The summed E-state index contributed by atoms with van der Waals surface area (Å²) in [5.74, 6) is 3.11. The van der Waals surface area contributed by atoms with Crippen molar-refractivity contribution in [3.63, 3.8) is 0 Å². The largest absolute Gasteiger partial charge is 0.489 e. The number of benzene rings is 2. The molecule has 2 heterocycles. The van der Waals surface area contributed by atoms with Gasteiger partial charge in [0.1, 0.15) is 24.0 Å². The van der Waals surface area contributed by atoms with Gasteiger partial charge in [0.05, 0.1) is 6.10 Å². The number of hydrogen-bond acceptors (Lipinski definition) is 4. The molecule has 2 atom stereocenters. The Bertz CT molecular complexity index is 1200. The van der Waals surface area contributed by atoms with Crippen molar-refractivity contribution < 1.29 is 14.2 Å². The molecule has 5 heteroatoms. The molecule has 2 aromatic carbocycles. The number of nitrogens with zero attached hydrogens (tertiary/aromatic N) is 2. The molecule has 1 aromatic heterocycles. The average Bonchev–Trinajstić information content (AvgIpc) is 3.50. The topological polar surface area (TPSA) is 45.6 Å². The van der Waals surface area contributed by atoms with Crippen LogP contribution in [0.25, 0.3) is 11.1 Å². The van der Waals surface area contributed by atoms with Crippen molar-refractivity contribution in [3.8, 4) is 16.9 Å². The SMILES string of the molecule is Cc1nc(N2CCC(O)CC2)ccc1-c1ccc(F)c(COc2ccc3c(c2)CC2CC32)c1. The number of aliphatic hydroxyl groups is 1. The summed E-state index contributed by atoms with van der Waals surface area (Å²) in [6.45, 7) is 3.82. The number of pyridine rings is 1. The van der Waals surface area contributed by atoms with Crippen LogP contribution in [-0.4, -0.2) is 29.3 Å². The molecule has 3 aromatic rings. The lowest BCUT2D eigenvalue weighted by Gasteiger charge is -2.30. The maximum Gasteiger partial charge on any atom is 0.129 e. The standard InChI is InChI=1S/C28H29FN2O2/c1-17-24(5-7-28(30-17)31-10-8-22(32)9-11-31)18-2-6-27(29)21(12-18)16-33-23-3-4-25-19(14-23)13-20-15-26(20)25/h2-7,12,14,20,22,26,32H,8-11,13,15-16H2,1H3. The van der Waals surface area contributed by atoms with Gasteiger partial charge >= 0.3 is 0 Å². The minimum atomic E-state index is -0.254. The summed E-state index contributed by atoms with van der Waals surface area (Å²) in [5, 5.41) is 9.75. The first-order chi connectivity index (χ1) is 16.0. The summed E-state index contributed by atoms with van der Waals surface area (Å²) in [6, 6.07) is 15.6. The molecule has 0 spiro atoms. The van der Waals surface area contributed by atoms with E-state index >= 15 is 0 Å². The van der Waals surface area contributed by atoms with Gasteiger partial charge in [0.15, 0.2) is 0 Å². The van der Waals surface area contributed by atoms with Crippen molar-refractivity contribution in [1.82, 2.24) is 4.98 Å². The molecule has 170 valence electrons. The summed E-state index contributed by atoms with van der Waals surface area (Å²) in [6.07, 6.45) is 3.83. The monoisotopic (exact) mass is 444 g/mol. The Morgan fingerprint density at radius 3 is 2.76 bits per heavy atom. The maximum absolute atomic E-state index is 14.6. The van der Waals surface area contributed by atoms with E-state index in [4.69, 9.17) is 9.72 Å². The van der Waals surface area contributed by atoms with Crippen LogP contribution in [0.15, 0.2) is 48.5 Å². The van der Waals surface area contributed by atoms with Crippen LogP contribution in [0.5, 0.6) is 5.75 Å². The van der Waals surface area contributed by atoms with Gasteiger partial charge in [-0.1, -0.05) is 12.1 Å². The number of fused-ring (bicyclic) bond motifs is 3. The summed E-state index contributed by atoms with van der Waals surface area (Å²) in [4.78, 5) is 7.02. The van der Waals surface area contributed by atoms with Gasteiger partial charge in [0.25, 0.3) is 0 Å². The lowest BCUT2D eigenvalue weighted by Crippen LogP contribution is -2.36. The van der Waals surface area contributed by atoms with Crippen LogP contribution in [0.1, 0.15) is 47.6 Å². The van der Waals surface area contributed by atoms with Crippen LogP contribution in [-0.2, 0) is 13.0 Å². The van der Waals surface area contributed by atoms with E-state index in [2.05, 4.69) is 23.1 Å². The highest BCUT2D eigenvalue weighted by molar-refractivity contribution is 5.68. The summed E-state index contributed by atoms with van der Waals surface area (Å²) in [5.41, 5.74) is 6.27. The van der Waals surface area contributed by atoms with E-state index in [-0.39, 0.29) is 18.5 Å². The second kappa shape index (κ2) is 8.14. The quantitative estimate of drug-likeness (QED) is 0.573. The van der Waals surface area contributed by atoms with E-state index < -0.39 is 0 Å². The molecule has 0 amide bonds. The third kappa shape index (κ3) is 3.99. The van der Waals surface area contributed by atoms with E-state index in [1.165, 1.54) is 23.6 Å². The fourth-order valence-electron chi connectivity index (χ4n) is 5.48. The average molecular weight is 445 g/mol. The molecule has 2 aliphatic carbocycles. The molecule has 33 heavy (non-hydrogen) atoms. The fraction of sp³-hybridized carbons (Fsp3) is 0.393. The van der Waals surface area contributed by atoms with Gasteiger partial charge in [-0.05, 0) is 97.5 Å². The molecule has 2 fully saturated rings. The first-order valence-corrected chi connectivity index (χ1v) is 12.0. The third-order valence-electron chi connectivity index (χ3n) is 7.53. The Balaban J connectivity index is 1.18. The number of aromatic nitrogens is 1. The molecule has 0 radical (unpaired) electrons. The van der Waals surface area contributed by atoms with Gasteiger partial charge in [0.2, 0.25) is 0 Å². The Morgan fingerprint density at radius 1 is 1.09 bits per heavy atom. The predicted molar refractivity (Wildman–Crippen MR) is 127 cm³/mol. The van der Waals surface area contributed by atoms with E-state index in [1.807, 2.05) is 25.1 Å². The van der Waals surface area contributed by atoms with E-state index in [0.717, 1.165) is 72.6 Å². The Labute approximate surface area is 194 Å². The van der Waals surface area contributed by atoms with E-state index in [1.54, 1.807) is 6.07 Å². The number of aliphatic hydroxyl groups excluding tert-OH is 1. The molecule has 1 saturated heterocycles. The highest BCUT2D eigenvalue weighted by Gasteiger charge is 2.44. The molecule has 6 rings (SSSR count). The van der Waals surface area contributed by atoms with E-state index in [9.17, 15) is 9.50 Å². The zero-order valence-corrected chi connectivity index (χ0v) is 18.9. The van der Waals surface area contributed by atoms with Gasteiger partial charge < -0.3 is 14.7 Å². The highest BCUT2D eigenvalue weighted by Crippen LogP contribution is 2.56.